The van der Waals surface area contributed by atoms with E-state index in [0.29, 0.717) is 5.56 Å². The maximum atomic E-state index is 12.3. The van der Waals surface area contributed by atoms with Gasteiger partial charge in [-0.1, -0.05) is 12.1 Å². The minimum Gasteiger partial charge on any atom is -0.479 e. The minimum absolute atomic E-state index is 0.183. The molecule has 3 atom stereocenters. The number of thioether (sulfide) groups is 1. The molecule has 23 heavy (non-hydrogen) atoms. The summed E-state index contributed by atoms with van der Waals surface area (Å²) < 4.78 is 0. The zero-order chi connectivity index (χ0) is 17.1. The van der Waals surface area contributed by atoms with Gasteiger partial charge in [0.25, 0.3) is 0 Å². The second-order valence-corrected chi connectivity index (χ2v) is 6.22. The molecular weight excluding hydrogens is 318 g/mol. The lowest BCUT2D eigenvalue weighted by atomic mass is 10.1. The molecule has 1 fully saturated rings. The number of carbonyl (C=O) groups is 3. The zero-order valence-corrected chi connectivity index (χ0v) is 13.9. The maximum absolute atomic E-state index is 12.3. The molecule has 7 nitrogen and oxygen atoms in total. The van der Waals surface area contributed by atoms with Crippen LogP contribution in [-0.4, -0.2) is 46.4 Å². The molecule has 1 aromatic rings. The monoisotopic (exact) mass is 337 g/mol. The van der Waals surface area contributed by atoms with Gasteiger partial charge in [-0.25, -0.2) is 19.3 Å². The third-order valence-corrected chi connectivity index (χ3v) is 4.63. The number of hydrogen-bond donors (Lipinski definition) is 3. The van der Waals surface area contributed by atoms with E-state index in [1.165, 1.54) is 11.8 Å². The molecule has 1 saturated heterocycles. The van der Waals surface area contributed by atoms with Crippen molar-refractivity contribution in [1.29, 1.82) is 0 Å². The third kappa shape index (κ3) is 3.58. The van der Waals surface area contributed by atoms with Gasteiger partial charge in [0.05, 0.1) is 6.04 Å². The molecule has 1 heterocycles. The summed E-state index contributed by atoms with van der Waals surface area (Å²) in [7, 11) is 0. The van der Waals surface area contributed by atoms with Gasteiger partial charge in [-0.15, -0.1) is 11.8 Å². The molecule has 1 aromatic carbocycles. The Bertz CT molecular complexity index is 620. The van der Waals surface area contributed by atoms with Gasteiger partial charge in [-0.2, -0.15) is 0 Å². The Kier molecular flexibility index (Phi) is 5.15. The van der Waals surface area contributed by atoms with Gasteiger partial charge in [0, 0.05) is 10.9 Å². The van der Waals surface area contributed by atoms with Crippen LogP contribution in [0, 0.1) is 0 Å². The number of urea groups is 2. The quantitative estimate of drug-likeness (QED) is 0.730. The van der Waals surface area contributed by atoms with E-state index in [4.69, 9.17) is 0 Å². The molecule has 124 valence electrons. The summed E-state index contributed by atoms with van der Waals surface area (Å²) in [6.07, 6.45) is 1.92. The lowest BCUT2D eigenvalue weighted by Gasteiger charge is -2.23. The molecule has 1 aliphatic heterocycles. The van der Waals surface area contributed by atoms with Gasteiger partial charge in [0.1, 0.15) is 0 Å². The predicted octanol–water partition coefficient (Wildman–Crippen LogP) is 2.05. The summed E-state index contributed by atoms with van der Waals surface area (Å²) in [5, 5.41) is 14.4. The number of carboxylic acid groups (broad SMARTS) is 1. The number of amides is 4. The van der Waals surface area contributed by atoms with Crippen molar-refractivity contribution in [3.63, 3.8) is 0 Å². The summed E-state index contributed by atoms with van der Waals surface area (Å²) >= 11 is 1.54. The van der Waals surface area contributed by atoms with Crippen LogP contribution < -0.4 is 10.6 Å². The Hall–Kier alpha value is -2.22. The van der Waals surface area contributed by atoms with E-state index in [9.17, 15) is 19.5 Å². The lowest BCUT2D eigenvalue weighted by molar-refractivity contribution is -0.139. The second kappa shape index (κ2) is 6.91. The van der Waals surface area contributed by atoms with Crippen LogP contribution in [0.25, 0.3) is 0 Å². The fourth-order valence-corrected chi connectivity index (χ4v) is 2.76. The first-order valence-electron chi connectivity index (χ1n) is 7.12. The number of aliphatic carboxylic acids is 1. The van der Waals surface area contributed by atoms with Crippen molar-refractivity contribution in [1.82, 2.24) is 15.5 Å². The molecule has 0 aromatic heterocycles. The Morgan fingerprint density at radius 3 is 2.35 bits per heavy atom. The first kappa shape index (κ1) is 17.1. The van der Waals surface area contributed by atoms with Gasteiger partial charge in [0.15, 0.2) is 6.04 Å². The first-order chi connectivity index (χ1) is 10.8. The van der Waals surface area contributed by atoms with Crippen molar-refractivity contribution >= 4 is 29.8 Å². The normalized spacial score (nSPS) is 21.7. The minimum atomic E-state index is -1.21. The van der Waals surface area contributed by atoms with Crippen molar-refractivity contribution in [2.45, 2.75) is 36.9 Å². The smallest absolute Gasteiger partial charge is 0.330 e. The maximum Gasteiger partial charge on any atom is 0.330 e. The Labute approximate surface area is 138 Å². The molecular formula is C15H19N3O4S. The molecule has 8 heteroatoms. The number of hydrogen-bond acceptors (Lipinski definition) is 4. The zero-order valence-electron chi connectivity index (χ0n) is 13.1. The molecule has 4 amide bonds. The van der Waals surface area contributed by atoms with E-state index >= 15 is 0 Å². The number of imide groups is 1. The van der Waals surface area contributed by atoms with Crippen LogP contribution in [0.4, 0.5) is 9.59 Å². The third-order valence-electron chi connectivity index (χ3n) is 3.88. The van der Waals surface area contributed by atoms with E-state index in [-0.39, 0.29) is 12.1 Å². The number of carboxylic acids is 1. The summed E-state index contributed by atoms with van der Waals surface area (Å²) in [4.78, 5) is 37.6. The van der Waals surface area contributed by atoms with Crippen LogP contribution in [-0.2, 0) is 4.79 Å². The molecule has 0 radical (unpaired) electrons. The van der Waals surface area contributed by atoms with E-state index in [2.05, 4.69) is 10.6 Å². The fourth-order valence-electron chi connectivity index (χ4n) is 2.35. The molecule has 0 aliphatic carbocycles. The molecule has 2 rings (SSSR count). The van der Waals surface area contributed by atoms with Gasteiger partial charge in [0.2, 0.25) is 0 Å². The van der Waals surface area contributed by atoms with Crippen LogP contribution in [0.3, 0.4) is 0 Å². The summed E-state index contributed by atoms with van der Waals surface area (Å²) in [6, 6.07) is 3.89. The SMILES string of the molecule is CSc1ccc(C(NC(=O)N2C(=O)NC(C)C2C)C(=O)O)cc1. The fraction of sp³-hybridized carbons (Fsp3) is 0.400. The van der Waals surface area contributed by atoms with Gasteiger partial charge in [-0.3, -0.25) is 0 Å². The van der Waals surface area contributed by atoms with Crippen molar-refractivity contribution in [3.8, 4) is 0 Å². The summed E-state index contributed by atoms with van der Waals surface area (Å²) in [5.41, 5.74) is 0.448. The van der Waals surface area contributed by atoms with Crippen molar-refractivity contribution < 1.29 is 19.5 Å². The molecule has 1 aliphatic rings. The highest BCUT2D eigenvalue weighted by atomic mass is 32.2. The number of carbonyl (C=O) groups excluding carboxylic acids is 2. The average Bonchev–Trinajstić information content (AvgIpc) is 2.77. The average molecular weight is 337 g/mol. The first-order valence-corrected chi connectivity index (χ1v) is 8.34. The van der Waals surface area contributed by atoms with E-state index in [0.717, 1.165) is 9.80 Å². The summed E-state index contributed by atoms with van der Waals surface area (Å²) in [6.45, 7) is 3.51. The number of nitrogens with zero attached hydrogens (tertiary/aromatic N) is 1. The van der Waals surface area contributed by atoms with Gasteiger partial charge in [-0.05, 0) is 37.8 Å². The standard InChI is InChI=1S/C15H19N3O4S/c1-8-9(2)18(14(21)16-8)15(22)17-12(13(19)20)10-4-6-11(23-3)7-5-10/h4-9,12H,1-3H3,(H,16,21)(H,17,22)(H,19,20). The van der Waals surface area contributed by atoms with Crippen LogP contribution >= 0.6 is 11.8 Å². The van der Waals surface area contributed by atoms with Gasteiger partial charge < -0.3 is 15.7 Å². The van der Waals surface area contributed by atoms with Crippen molar-refractivity contribution in [3.05, 3.63) is 29.8 Å². The summed E-state index contributed by atoms with van der Waals surface area (Å²) in [5.74, 6) is -1.18. The van der Waals surface area contributed by atoms with E-state index < -0.39 is 24.1 Å². The molecule has 0 saturated carbocycles. The highest BCUT2D eigenvalue weighted by Gasteiger charge is 2.39. The van der Waals surface area contributed by atoms with Crippen LogP contribution in [0.1, 0.15) is 25.5 Å². The van der Waals surface area contributed by atoms with Gasteiger partial charge >= 0.3 is 18.0 Å². The highest BCUT2D eigenvalue weighted by molar-refractivity contribution is 7.98. The highest BCUT2D eigenvalue weighted by Crippen LogP contribution is 2.21. The van der Waals surface area contributed by atoms with Crippen molar-refractivity contribution in [2.75, 3.05) is 6.26 Å². The van der Waals surface area contributed by atoms with E-state index in [1.54, 1.807) is 38.1 Å². The number of rotatable bonds is 4. The second-order valence-electron chi connectivity index (χ2n) is 5.34. The van der Waals surface area contributed by atoms with Crippen LogP contribution in [0.2, 0.25) is 0 Å². The van der Waals surface area contributed by atoms with Crippen LogP contribution in [0.15, 0.2) is 29.2 Å². The molecule has 0 bridgehead atoms. The molecule has 3 unspecified atom stereocenters. The van der Waals surface area contributed by atoms with Crippen LogP contribution in [0.5, 0.6) is 0 Å². The number of benzene rings is 1. The molecule has 0 spiro atoms. The predicted molar refractivity (Wildman–Crippen MR) is 86.4 cm³/mol. The Morgan fingerprint density at radius 1 is 1.30 bits per heavy atom. The lowest BCUT2D eigenvalue weighted by Crippen LogP contribution is -2.47. The van der Waals surface area contributed by atoms with Crippen molar-refractivity contribution in [2.24, 2.45) is 0 Å². The topological polar surface area (TPSA) is 98.7 Å². The number of nitrogens with one attached hydrogen (secondary N) is 2. The van der Waals surface area contributed by atoms with E-state index in [1.807, 2.05) is 6.26 Å². The Balaban J connectivity index is 2.17. The largest absolute Gasteiger partial charge is 0.479 e. The molecule has 3 N–H and O–H groups in total. The Morgan fingerprint density at radius 2 is 1.91 bits per heavy atom.